The van der Waals surface area contributed by atoms with E-state index < -0.39 is 5.41 Å². The van der Waals surface area contributed by atoms with E-state index in [-0.39, 0.29) is 23.5 Å². The van der Waals surface area contributed by atoms with Gasteiger partial charge in [-0.05, 0) is 43.7 Å². The molecule has 134 valence electrons. The zero-order valence-corrected chi connectivity index (χ0v) is 15.3. The van der Waals surface area contributed by atoms with Crippen molar-refractivity contribution in [3.05, 3.63) is 35.1 Å². The average Bonchev–Trinajstić information content (AvgIpc) is 2.68. The van der Waals surface area contributed by atoms with Gasteiger partial charge in [0, 0.05) is 24.9 Å². The van der Waals surface area contributed by atoms with Crippen LogP contribution in [-0.2, 0) is 0 Å². The van der Waals surface area contributed by atoms with E-state index in [0.29, 0.717) is 5.57 Å². The van der Waals surface area contributed by atoms with Crippen LogP contribution in [0.2, 0.25) is 0 Å². The summed E-state index contributed by atoms with van der Waals surface area (Å²) in [7, 11) is 0. The van der Waals surface area contributed by atoms with Crippen molar-refractivity contribution < 1.29 is 0 Å². The van der Waals surface area contributed by atoms with E-state index >= 15 is 0 Å². The summed E-state index contributed by atoms with van der Waals surface area (Å²) in [6.45, 7) is 4.69. The number of nitrogens with zero attached hydrogens (tertiary/aromatic N) is 4. The maximum Gasteiger partial charge on any atom is 0.187 e. The van der Waals surface area contributed by atoms with Crippen molar-refractivity contribution in [1.82, 2.24) is 4.90 Å². The quantitative estimate of drug-likeness (QED) is 0.791. The molecule has 0 bridgehead atoms. The summed E-state index contributed by atoms with van der Waals surface area (Å²) in [5.74, 6) is -0.0850. The van der Waals surface area contributed by atoms with E-state index in [9.17, 15) is 15.8 Å². The van der Waals surface area contributed by atoms with Gasteiger partial charge in [-0.1, -0.05) is 25.2 Å². The summed E-state index contributed by atoms with van der Waals surface area (Å²) in [6.07, 6.45) is 10.5. The monoisotopic (exact) mass is 347 g/mol. The summed E-state index contributed by atoms with van der Waals surface area (Å²) in [5, 5.41) is 29.8. The highest BCUT2D eigenvalue weighted by Crippen LogP contribution is 2.53. The van der Waals surface area contributed by atoms with Gasteiger partial charge < -0.3 is 5.73 Å². The van der Waals surface area contributed by atoms with Gasteiger partial charge in [0.1, 0.15) is 6.07 Å². The van der Waals surface area contributed by atoms with Gasteiger partial charge in [-0.25, -0.2) is 0 Å². The predicted molar refractivity (Wildman–Crippen MR) is 98.8 cm³/mol. The Hall–Kier alpha value is -2.55. The number of rotatable bonds is 3. The van der Waals surface area contributed by atoms with Crippen LogP contribution in [0.3, 0.4) is 0 Å². The van der Waals surface area contributed by atoms with Crippen LogP contribution >= 0.6 is 0 Å². The fourth-order valence-electron chi connectivity index (χ4n) is 4.93. The Morgan fingerprint density at radius 1 is 1.31 bits per heavy atom. The second kappa shape index (κ2) is 7.36. The molecular formula is C21H25N5. The van der Waals surface area contributed by atoms with Crippen LogP contribution in [0.5, 0.6) is 0 Å². The Bertz CT molecular complexity index is 769. The highest BCUT2D eigenvalue weighted by atomic mass is 15.1. The molecule has 3 unspecified atom stereocenters. The first-order valence-electron chi connectivity index (χ1n) is 9.45. The Kier molecular flexibility index (Phi) is 5.17. The molecule has 0 saturated carbocycles. The van der Waals surface area contributed by atoms with Crippen LogP contribution in [0.1, 0.15) is 32.6 Å². The van der Waals surface area contributed by atoms with Crippen molar-refractivity contribution in [3.63, 3.8) is 0 Å². The molecule has 0 radical (unpaired) electrons. The van der Waals surface area contributed by atoms with Gasteiger partial charge in [0.2, 0.25) is 0 Å². The van der Waals surface area contributed by atoms with Crippen LogP contribution < -0.4 is 5.73 Å². The van der Waals surface area contributed by atoms with E-state index in [0.717, 1.165) is 50.9 Å². The normalized spacial score (nSPS) is 30.5. The molecule has 0 aromatic rings. The first-order valence-corrected chi connectivity index (χ1v) is 9.45. The van der Waals surface area contributed by atoms with Gasteiger partial charge in [0.15, 0.2) is 5.41 Å². The molecule has 2 N–H and O–H groups in total. The first-order chi connectivity index (χ1) is 12.6. The molecule has 1 heterocycles. The lowest BCUT2D eigenvalue weighted by molar-refractivity contribution is 0.128. The van der Waals surface area contributed by atoms with Gasteiger partial charge >= 0.3 is 0 Å². The summed E-state index contributed by atoms with van der Waals surface area (Å²) in [5.41, 5.74) is 6.34. The molecule has 5 nitrogen and oxygen atoms in total. The maximum absolute atomic E-state index is 10.0. The van der Waals surface area contributed by atoms with Crippen molar-refractivity contribution in [2.75, 3.05) is 19.6 Å². The minimum absolute atomic E-state index is 0.00991. The number of nitrogens with two attached hydrogens (primary N) is 1. The largest absolute Gasteiger partial charge is 0.399 e. The SMILES string of the molecule is CCCN1CC=C2C(C#N)=C(N)C(C#N)(C#N)C(C3C=CCCC3)C2C1. The number of hydrogen-bond acceptors (Lipinski definition) is 5. The highest BCUT2D eigenvalue weighted by Gasteiger charge is 2.55. The van der Waals surface area contributed by atoms with Gasteiger partial charge in [0.25, 0.3) is 0 Å². The molecule has 0 fully saturated rings. The van der Waals surface area contributed by atoms with Crippen LogP contribution in [-0.4, -0.2) is 24.5 Å². The van der Waals surface area contributed by atoms with Crippen molar-refractivity contribution in [2.45, 2.75) is 32.6 Å². The van der Waals surface area contributed by atoms with Crippen LogP contribution in [0.15, 0.2) is 35.1 Å². The fourth-order valence-corrected chi connectivity index (χ4v) is 4.93. The third kappa shape index (κ3) is 2.72. The Morgan fingerprint density at radius 3 is 2.65 bits per heavy atom. The van der Waals surface area contributed by atoms with Crippen molar-refractivity contribution in [3.8, 4) is 18.2 Å². The zero-order valence-electron chi connectivity index (χ0n) is 15.3. The molecular weight excluding hydrogens is 322 g/mol. The smallest absolute Gasteiger partial charge is 0.187 e. The van der Waals surface area contributed by atoms with E-state index in [1.54, 1.807) is 0 Å². The lowest BCUT2D eigenvalue weighted by atomic mass is 9.55. The molecule has 0 aromatic carbocycles. The molecule has 3 atom stereocenters. The number of nitriles is 3. The molecule has 3 aliphatic rings. The van der Waals surface area contributed by atoms with E-state index in [1.165, 1.54) is 0 Å². The predicted octanol–water partition coefficient (Wildman–Crippen LogP) is 3.01. The summed E-state index contributed by atoms with van der Waals surface area (Å²) >= 11 is 0. The lowest BCUT2D eigenvalue weighted by Gasteiger charge is -2.48. The topological polar surface area (TPSA) is 101 Å². The number of hydrogen-bond donors (Lipinski definition) is 1. The fraction of sp³-hybridized carbons (Fsp3) is 0.571. The minimum atomic E-state index is -1.44. The van der Waals surface area contributed by atoms with Crippen LogP contribution in [0.25, 0.3) is 0 Å². The molecule has 0 spiro atoms. The second-order valence-electron chi connectivity index (χ2n) is 7.51. The number of allylic oxidation sites excluding steroid dienone is 4. The molecule has 3 rings (SSSR count). The standard InChI is InChI=1S/C21H25N5/c1-2-9-26-10-8-16-17(11-22)20(25)21(13-23,14-24)19(18(16)12-26)15-6-4-3-5-7-15/h4,6,8,15,18-19H,2-3,5,7,9-10,12,25H2,1H3. The Morgan fingerprint density at radius 2 is 2.08 bits per heavy atom. The molecule has 0 amide bonds. The summed E-state index contributed by atoms with van der Waals surface area (Å²) in [4.78, 5) is 2.35. The molecule has 2 aliphatic carbocycles. The van der Waals surface area contributed by atoms with Crippen molar-refractivity contribution >= 4 is 0 Å². The van der Waals surface area contributed by atoms with Crippen LogP contribution in [0, 0.1) is 57.2 Å². The van der Waals surface area contributed by atoms with Gasteiger partial charge in [0.05, 0.1) is 23.4 Å². The van der Waals surface area contributed by atoms with Gasteiger partial charge in [-0.2, -0.15) is 15.8 Å². The van der Waals surface area contributed by atoms with E-state index in [1.807, 2.05) is 0 Å². The van der Waals surface area contributed by atoms with E-state index in [4.69, 9.17) is 5.73 Å². The summed E-state index contributed by atoms with van der Waals surface area (Å²) < 4.78 is 0. The van der Waals surface area contributed by atoms with Crippen molar-refractivity contribution in [1.29, 1.82) is 15.8 Å². The Balaban J connectivity index is 2.18. The molecule has 0 saturated heterocycles. The van der Waals surface area contributed by atoms with Gasteiger partial charge in [-0.3, -0.25) is 4.90 Å². The number of fused-ring (bicyclic) bond motifs is 1. The van der Waals surface area contributed by atoms with Crippen LogP contribution in [0.4, 0.5) is 0 Å². The van der Waals surface area contributed by atoms with Gasteiger partial charge in [-0.15, -0.1) is 0 Å². The zero-order chi connectivity index (χ0) is 18.7. The average molecular weight is 347 g/mol. The third-order valence-electron chi connectivity index (χ3n) is 6.10. The molecule has 1 aliphatic heterocycles. The van der Waals surface area contributed by atoms with E-state index in [2.05, 4.69) is 48.3 Å². The Labute approximate surface area is 155 Å². The lowest BCUT2D eigenvalue weighted by Crippen LogP contribution is -2.51. The molecule has 26 heavy (non-hydrogen) atoms. The third-order valence-corrected chi connectivity index (χ3v) is 6.10. The second-order valence-corrected chi connectivity index (χ2v) is 7.51. The highest BCUT2D eigenvalue weighted by molar-refractivity contribution is 5.57. The summed E-state index contributed by atoms with van der Waals surface area (Å²) in [6, 6.07) is 6.66. The van der Waals surface area contributed by atoms with Crippen molar-refractivity contribution in [2.24, 2.45) is 28.9 Å². The molecule has 0 aromatic heterocycles. The maximum atomic E-state index is 10.0. The molecule has 5 heteroatoms. The minimum Gasteiger partial charge on any atom is -0.399 e. The first kappa shape index (κ1) is 18.2.